The normalized spacial score (nSPS) is 36.6. The highest BCUT2D eigenvalue weighted by Gasteiger charge is 2.48. The van der Waals surface area contributed by atoms with E-state index in [9.17, 15) is 0 Å². The van der Waals surface area contributed by atoms with Crippen molar-refractivity contribution in [2.45, 2.75) is 70.1 Å². The number of rotatable bonds is 4. The number of hydrogen-bond acceptors (Lipinski definition) is 0. The third-order valence-electron chi connectivity index (χ3n) is 5.64. The Labute approximate surface area is 90.5 Å². The zero-order chi connectivity index (χ0) is 10.2. The van der Waals surface area contributed by atoms with E-state index in [1.54, 1.807) is 43.8 Å². The van der Waals surface area contributed by atoms with E-state index in [2.05, 4.69) is 20.8 Å². The van der Waals surface area contributed by atoms with Crippen LogP contribution in [0, 0.1) is 11.8 Å². The molecule has 2 saturated carbocycles. The van der Waals surface area contributed by atoms with Gasteiger partial charge in [0.25, 0.3) is 0 Å². The topological polar surface area (TPSA) is 0 Å². The molecule has 0 nitrogen and oxygen atoms in total. The minimum atomic E-state index is -0.838. The van der Waals surface area contributed by atoms with Crippen molar-refractivity contribution in [2.75, 3.05) is 0 Å². The molecule has 2 rings (SSSR count). The van der Waals surface area contributed by atoms with Gasteiger partial charge in [0.15, 0.2) is 0 Å². The molecule has 0 heterocycles. The lowest BCUT2D eigenvalue weighted by Crippen LogP contribution is -2.40. The molecule has 0 aromatic carbocycles. The first-order chi connectivity index (χ1) is 6.75. The van der Waals surface area contributed by atoms with Gasteiger partial charge in [0.2, 0.25) is 0 Å². The van der Waals surface area contributed by atoms with E-state index >= 15 is 0 Å². The van der Waals surface area contributed by atoms with Gasteiger partial charge in [-0.1, -0.05) is 51.7 Å². The lowest BCUT2D eigenvalue weighted by atomic mass is 10.0. The molecule has 1 heteroatoms. The summed E-state index contributed by atoms with van der Waals surface area (Å²) in [5, 5.41) is 0. The van der Waals surface area contributed by atoms with Gasteiger partial charge in [0, 0.05) is 0 Å². The fourth-order valence-electron chi connectivity index (χ4n) is 4.53. The zero-order valence-corrected chi connectivity index (χ0v) is 11.2. The van der Waals surface area contributed by atoms with Crippen LogP contribution in [-0.2, 0) is 0 Å². The first kappa shape index (κ1) is 10.7. The van der Waals surface area contributed by atoms with Gasteiger partial charge in [-0.05, 0) is 30.2 Å². The maximum Gasteiger partial charge on any atom is 0.0561 e. The minimum Gasteiger partial charge on any atom is -0.0678 e. The fourth-order valence-corrected chi connectivity index (χ4v) is 9.74. The molecular formula is C13H26Si. The van der Waals surface area contributed by atoms with Crippen LogP contribution in [-0.4, -0.2) is 8.07 Å². The summed E-state index contributed by atoms with van der Waals surface area (Å²) in [7, 11) is -0.838. The molecule has 82 valence electrons. The van der Waals surface area contributed by atoms with Crippen molar-refractivity contribution in [1.29, 1.82) is 0 Å². The summed E-state index contributed by atoms with van der Waals surface area (Å²) in [6.45, 7) is 7.43. The Hall–Kier alpha value is 0.217. The highest BCUT2D eigenvalue weighted by molar-refractivity contribution is 6.81. The molecule has 0 aromatic heterocycles. The Kier molecular flexibility index (Phi) is 3.06. The largest absolute Gasteiger partial charge is 0.0678 e. The summed E-state index contributed by atoms with van der Waals surface area (Å²) in [6, 6.07) is 4.65. The van der Waals surface area contributed by atoms with Gasteiger partial charge < -0.3 is 0 Å². The standard InChI is InChI=1S/C13H26Si/c1-4-14(5-2,6-3)13-10-11-7-8-12(13)9-11/h11-13H,4-10H2,1-3H3/t11-,12+,13+/m1/s1. The Morgan fingerprint density at radius 2 is 1.57 bits per heavy atom. The molecule has 2 fully saturated rings. The lowest BCUT2D eigenvalue weighted by Gasteiger charge is -2.40. The molecule has 0 radical (unpaired) electrons. The maximum absolute atomic E-state index is 2.48. The van der Waals surface area contributed by atoms with Crippen molar-refractivity contribution in [2.24, 2.45) is 11.8 Å². The van der Waals surface area contributed by atoms with E-state index in [1.165, 1.54) is 11.5 Å². The average molecular weight is 210 g/mol. The van der Waals surface area contributed by atoms with Gasteiger partial charge in [-0.25, -0.2) is 0 Å². The highest BCUT2D eigenvalue weighted by atomic mass is 28.3. The van der Waals surface area contributed by atoms with Crippen molar-refractivity contribution in [3.63, 3.8) is 0 Å². The summed E-state index contributed by atoms with van der Waals surface area (Å²) in [5.41, 5.74) is 1.22. The predicted octanol–water partition coefficient (Wildman–Crippen LogP) is 4.69. The summed E-state index contributed by atoms with van der Waals surface area (Å²) in [6.07, 6.45) is 6.40. The zero-order valence-electron chi connectivity index (χ0n) is 10.2. The molecule has 3 atom stereocenters. The van der Waals surface area contributed by atoms with Crippen LogP contribution in [0.5, 0.6) is 0 Å². The Morgan fingerprint density at radius 1 is 0.929 bits per heavy atom. The van der Waals surface area contributed by atoms with Crippen LogP contribution < -0.4 is 0 Å². The van der Waals surface area contributed by atoms with Crippen LogP contribution in [0.15, 0.2) is 0 Å². The fraction of sp³-hybridized carbons (Fsp3) is 1.00. The molecule has 14 heavy (non-hydrogen) atoms. The van der Waals surface area contributed by atoms with E-state index in [-0.39, 0.29) is 0 Å². The molecule has 2 aliphatic rings. The molecule has 2 bridgehead atoms. The molecule has 0 saturated heterocycles. The van der Waals surface area contributed by atoms with Crippen molar-refractivity contribution in [1.82, 2.24) is 0 Å². The van der Waals surface area contributed by atoms with E-state index in [1.807, 2.05) is 0 Å². The minimum absolute atomic E-state index is 0.838. The van der Waals surface area contributed by atoms with E-state index in [4.69, 9.17) is 0 Å². The third-order valence-corrected chi connectivity index (χ3v) is 12.1. The summed E-state index contributed by atoms with van der Waals surface area (Å²) in [5.74, 6) is 2.33. The average Bonchev–Trinajstić information content (AvgIpc) is 2.83. The predicted molar refractivity (Wildman–Crippen MR) is 66.4 cm³/mol. The van der Waals surface area contributed by atoms with Crippen molar-refractivity contribution < 1.29 is 0 Å². The van der Waals surface area contributed by atoms with Crippen LogP contribution in [0.3, 0.4) is 0 Å². The van der Waals surface area contributed by atoms with Gasteiger partial charge in [-0.3, -0.25) is 0 Å². The Morgan fingerprint density at radius 3 is 1.93 bits per heavy atom. The molecule has 0 spiro atoms. The Bertz CT molecular complexity index is 187. The van der Waals surface area contributed by atoms with Crippen molar-refractivity contribution in [3.05, 3.63) is 0 Å². The monoisotopic (exact) mass is 210 g/mol. The summed E-state index contributed by atoms with van der Waals surface area (Å²) < 4.78 is 0. The second-order valence-electron chi connectivity index (χ2n) is 5.70. The second-order valence-corrected chi connectivity index (χ2v) is 11.3. The smallest absolute Gasteiger partial charge is 0.0561 e. The number of hydrogen-bond donors (Lipinski definition) is 0. The SMILES string of the molecule is CC[Si](CC)(CC)[C@H]1C[C@@H]2CC[C@H]1C2. The molecule has 0 aromatic rings. The summed E-state index contributed by atoms with van der Waals surface area (Å²) in [4.78, 5) is 0. The molecule has 0 amide bonds. The van der Waals surface area contributed by atoms with Gasteiger partial charge >= 0.3 is 0 Å². The quantitative estimate of drug-likeness (QED) is 0.591. The summed E-state index contributed by atoms with van der Waals surface area (Å²) >= 11 is 0. The van der Waals surface area contributed by atoms with Crippen LogP contribution in [0.1, 0.15) is 46.5 Å². The van der Waals surface area contributed by atoms with E-state index < -0.39 is 8.07 Å². The van der Waals surface area contributed by atoms with Gasteiger partial charge in [-0.2, -0.15) is 0 Å². The molecule has 0 N–H and O–H groups in total. The van der Waals surface area contributed by atoms with Gasteiger partial charge in [-0.15, -0.1) is 0 Å². The van der Waals surface area contributed by atoms with Crippen LogP contribution >= 0.6 is 0 Å². The molecule has 2 aliphatic carbocycles. The van der Waals surface area contributed by atoms with E-state index in [0.29, 0.717) is 0 Å². The van der Waals surface area contributed by atoms with Crippen molar-refractivity contribution in [3.8, 4) is 0 Å². The molecule has 0 unspecified atom stereocenters. The number of fused-ring (bicyclic) bond motifs is 2. The highest BCUT2D eigenvalue weighted by Crippen LogP contribution is 2.57. The molecule has 0 aliphatic heterocycles. The van der Waals surface area contributed by atoms with Crippen LogP contribution in [0.2, 0.25) is 23.7 Å². The third kappa shape index (κ3) is 1.48. The van der Waals surface area contributed by atoms with Crippen LogP contribution in [0.25, 0.3) is 0 Å². The van der Waals surface area contributed by atoms with Gasteiger partial charge in [0.05, 0.1) is 8.07 Å². The lowest BCUT2D eigenvalue weighted by molar-refractivity contribution is 0.465. The van der Waals surface area contributed by atoms with Crippen molar-refractivity contribution >= 4 is 8.07 Å². The Balaban J connectivity index is 2.12. The van der Waals surface area contributed by atoms with E-state index in [0.717, 1.165) is 5.92 Å². The second kappa shape index (κ2) is 4.00. The maximum atomic E-state index is 2.48. The van der Waals surface area contributed by atoms with Gasteiger partial charge in [0.1, 0.15) is 0 Å². The first-order valence-electron chi connectivity index (χ1n) is 6.75. The van der Waals surface area contributed by atoms with Crippen LogP contribution in [0.4, 0.5) is 0 Å². The first-order valence-corrected chi connectivity index (χ1v) is 9.45. The molecular weight excluding hydrogens is 184 g/mol.